The summed E-state index contributed by atoms with van der Waals surface area (Å²) in [6.45, 7) is 12.8. The molecule has 5 nitrogen and oxygen atoms in total. The smallest absolute Gasteiger partial charge is 0.244 e. The number of rotatable bonds is 5. The normalized spacial score (nSPS) is 13.7. The maximum Gasteiger partial charge on any atom is 0.244 e. The molecule has 0 unspecified atom stereocenters. The second-order valence-corrected chi connectivity index (χ2v) is 9.03. The Morgan fingerprint density at radius 2 is 1.62 bits per heavy atom. The van der Waals surface area contributed by atoms with E-state index in [2.05, 4.69) is 25.5 Å². The molecule has 2 N–H and O–H groups in total. The van der Waals surface area contributed by atoms with Gasteiger partial charge in [0.25, 0.3) is 0 Å². The number of hydrogen-bond acceptors (Lipinski definition) is 4. The molecule has 0 atom stereocenters. The lowest BCUT2D eigenvalue weighted by molar-refractivity contribution is 0.267. The van der Waals surface area contributed by atoms with Gasteiger partial charge in [0.05, 0.1) is 6.61 Å². The number of sulfonamides is 1. The summed E-state index contributed by atoms with van der Waals surface area (Å²) in [5.74, 6) is 0.736. The molecule has 0 saturated heterocycles. The van der Waals surface area contributed by atoms with Crippen LogP contribution in [0.4, 0.5) is 0 Å². The summed E-state index contributed by atoms with van der Waals surface area (Å²) in [4.78, 5) is 0.0597. The highest BCUT2D eigenvalue weighted by Gasteiger charge is 2.34. The molecule has 0 aliphatic rings. The van der Waals surface area contributed by atoms with Crippen molar-refractivity contribution in [2.75, 3.05) is 0 Å². The zero-order valence-electron chi connectivity index (χ0n) is 14.0. The van der Waals surface area contributed by atoms with E-state index in [-0.39, 0.29) is 16.9 Å². The van der Waals surface area contributed by atoms with Crippen LogP contribution in [0.3, 0.4) is 0 Å². The van der Waals surface area contributed by atoms with E-state index in [1.54, 1.807) is 13.8 Å². The van der Waals surface area contributed by atoms with Gasteiger partial charge >= 0.3 is 0 Å². The predicted octanol–water partition coefficient (Wildman–Crippen LogP) is 2.88. The standard InChI is InChI=1S/C15H27NO4S/c1-10-12(8-17)13(11(2)20-10)21(18,19)16-15(6,7)9-14(3,4)5/h16-17H,8-9H2,1-7H3. The molecule has 0 aromatic carbocycles. The minimum Gasteiger partial charge on any atom is -0.465 e. The van der Waals surface area contributed by atoms with Crippen LogP contribution in [0.15, 0.2) is 9.31 Å². The predicted molar refractivity (Wildman–Crippen MR) is 82.6 cm³/mol. The van der Waals surface area contributed by atoms with Gasteiger partial charge in [-0.1, -0.05) is 20.8 Å². The van der Waals surface area contributed by atoms with Crippen molar-refractivity contribution in [2.24, 2.45) is 5.41 Å². The van der Waals surface area contributed by atoms with Crippen LogP contribution in [-0.4, -0.2) is 19.1 Å². The Labute approximate surface area is 127 Å². The molecule has 21 heavy (non-hydrogen) atoms. The van der Waals surface area contributed by atoms with E-state index in [0.29, 0.717) is 23.5 Å². The van der Waals surface area contributed by atoms with Gasteiger partial charge in [0, 0.05) is 11.1 Å². The van der Waals surface area contributed by atoms with Crippen LogP contribution in [0.2, 0.25) is 0 Å². The molecule has 0 aliphatic heterocycles. The Morgan fingerprint density at radius 3 is 2.05 bits per heavy atom. The number of aliphatic hydroxyl groups excluding tert-OH is 1. The van der Waals surface area contributed by atoms with Crippen LogP contribution in [-0.2, 0) is 16.6 Å². The number of furan rings is 1. The van der Waals surface area contributed by atoms with Crippen molar-refractivity contribution in [1.82, 2.24) is 4.72 Å². The fraction of sp³-hybridized carbons (Fsp3) is 0.733. The average molecular weight is 317 g/mol. The Balaban J connectivity index is 3.19. The van der Waals surface area contributed by atoms with Crippen molar-refractivity contribution in [3.63, 3.8) is 0 Å². The quantitative estimate of drug-likeness (QED) is 0.875. The summed E-state index contributed by atoms with van der Waals surface area (Å²) in [6.07, 6.45) is 0.684. The average Bonchev–Trinajstić information content (AvgIpc) is 2.47. The molecular formula is C15H27NO4S. The van der Waals surface area contributed by atoms with Crippen molar-refractivity contribution in [3.8, 4) is 0 Å². The second kappa shape index (κ2) is 5.74. The van der Waals surface area contributed by atoms with E-state index in [4.69, 9.17) is 4.42 Å². The fourth-order valence-electron chi connectivity index (χ4n) is 3.02. The summed E-state index contributed by atoms with van der Waals surface area (Å²) >= 11 is 0. The van der Waals surface area contributed by atoms with Crippen LogP contribution in [0.25, 0.3) is 0 Å². The molecule has 0 radical (unpaired) electrons. The molecule has 0 bridgehead atoms. The summed E-state index contributed by atoms with van der Waals surface area (Å²) < 4.78 is 33.4. The number of aliphatic hydroxyl groups is 1. The lowest BCUT2D eigenvalue weighted by atomic mass is 9.82. The number of nitrogens with one attached hydrogen (secondary N) is 1. The molecule has 0 saturated carbocycles. The minimum atomic E-state index is -3.75. The van der Waals surface area contributed by atoms with Crippen LogP contribution in [0, 0.1) is 19.3 Å². The molecule has 1 aromatic heterocycles. The second-order valence-electron chi connectivity index (χ2n) is 7.41. The first kappa shape index (κ1) is 18.2. The van der Waals surface area contributed by atoms with E-state index in [9.17, 15) is 13.5 Å². The molecule has 1 heterocycles. The zero-order valence-corrected chi connectivity index (χ0v) is 14.8. The first-order valence-electron chi connectivity index (χ1n) is 7.03. The molecular weight excluding hydrogens is 290 g/mol. The van der Waals surface area contributed by atoms with Gasteiger partial charge in [0.1, 0.15) is 16.4 Å². The highest BCUT2D eigenvalue weighted by molar-refractivity contribution is 7.89. The zero-order chi connectivity index (χ0) is 16.6. The van der Waals surface area contributed by atoms with E-state index in [1.807, 2.05) is 13.8 Å². The van der Waals surface area contributed by atoms with E-state index in [1.165, 1.54) is 0 Å². The lowest BCUT2D eigenvalue weighted by Gasteiger charge is -2.33. The first-order valence-corrected chi connectivity index (χ1v) is 8.51. The minimum absolute atomic E-state index is 0.00676. The number of aryl methyl sites for hydroxylation is 2. The third kappa shape index (κ3) is 4.56. The van der Waals surface area contributed by atoms with Gasteiger partial charge in [0.2, 0.25) is 10.0 Å². The fourth-order valence-corrected chi connectivity index (χ4v) is 4.88. The monoisotopic (exact) mass is 317 g/mol. The Hall–Kier alpha value is -0.850. The van der Waals surface area contributed by atoms with Crippen LogP contribution in [0.5, 0.6) is 0 Å². The van der Waals surface area contributed by atoms with Gasteiger partial charge in [0.15, 0.2) is 0 Å². The molecule has 0 fully saturated rings. The Kier molecular flexibility index (Phi) is 4.98. The lowest BCUT2D eigenvalue weighted by Crippen LogP contribution is -2.45. The SMILES string of the molecule is Cc1oc(C)c(S(=O)(=O)NC(C)(C)CC(C)(C)C)c1CO. The van der Waals surface area contributed by atoms with E-state index in [0.717, 1.165) is 0 Å². The molecule has 1 rings (SSSR count). The van der Waals surface area contributed by atoms with Crippen LogP contribution >= 0.6 is 0 Å². The van der Waals surface area contributed by atoms with Crippen molar-refractivity contribution in [2.45, 2.75) is 71.9 Å². The first-order chi connectivity index (χ1) is 9.29. The van der Waals surface area contributed by atoms with Crippen LogP contribution in [0.1, 0.15) is 58.1 Å². The molecule has 122 valence electrons. The maximum atomic E-state index is 12.7. The third-order valence-electron chi connectivity index (χ3n) is 3.13. The van der Waals surface area contributed by atoms with Gasteiger partial charge in [-0.25, -0.2) is 13.1 Å². The maximum absolute atomic E-state index is 12.7. The van der Waals surface area contributed by atoms with Gasteiger partial charge < -0.3 is 9.52 Å². The summed E-state index contributed by atoms with van der Waals surface area (Å²) in [7, 11) is -3.75. The van der Waals surface area contributed by atoms with Crippen molar-refractivity contribution >= 4 is 10.0 Å². The van der Waals surface area contributed by atoms with Crippen molar-refractivity contribution < 1.29 is 17.9 Å². The van der Waals surface area contributed by atoms with Crippen LogP contribution < -0.4 is 4.72 Å². The molecule has 0 amide bonds. The topological polar surface area (TPSA) is 79.5 Å². The van der Waals surface area contributed by atoms with Gasteiger partial charge in [-0.2, -0.15) is 0 Å². The number of hydrogen-bond donors (Lipinski definition) is 2. The summed E-state index contributed by atoms with van der Waals surface area (Å²) in [6, 6.07) is 0. The summed E-state index contributed by atoms with van der Waals surface area (Å²) in [5, 5.41) is 9.41. The van der Waals surface area contributed by atoms with Gasteiger partial charge in [-0.05, 0) is 39.5 Å². The van der Waals surface area contributed by atoms with Crippen molar-refractivity contribution in [3.05, 3.63) is 17.1 Å². The Morgan fingerprint density at radius 1 is 1.10 bits per heavy atom. The molecule has 6 heteroatoms. The molecule has 0 aliphatic carbocycles. The highest BCUT2D eigenvalue weighted by atomic mass is 32.2. The van der Waals surface area contributed by atoms with Gasteiger partial charge in [-0.15, -0.1) is 0 Å². The summed E-state index contributed by atoms with van der Waals surface area (Å²) in [5.41, 5.74) is -0.277. The van der Waals surface area contributed by atoms with Crippen molar-refractivity contribution in [1.29, 1.82) is 0 Å². The molecule has 0 spiro atoms. The Bertz CT molecular complexity index is 606. The van der Waals surface area contributed by atoms with E-state index < -0.39 is 15.6 Å². The third-order valence-corrected chi connectivity index (χ3v) is 5.03. The largest absolute Gasteiger partial charge is 0.465 e. The van der Waals surface area contributed by atoms with E-state index >= 15 is 0 Å². The highest BCUT2D eigenvalue weighted by Crippen LogP contribution is 2.31. The molecule has 1 aromatic rings. The van der Waals surface area contributed by atoms with Gasteiger partial charge in [-0.3, -0.25) is 0 Å².